The summed E-state index contributed by atoms with van der Waals surface area (Å²) in [6.45, 7) is 0.947. The zero-order valence-corrected chi connectivity index (χ0v) is 9.38. The van der Waals surface area contributed by atoms with Crippen LogP contribution in [-0.2, 0) is 13.0 Å². The molecule has 0 saturated heterocycles. The van der Waals surface area contributed by atoms with Gasteiger partial charge in [-0.05, 0) is 44.7 Å². The Balaban J connectivity index is 1.93. The Bertz CT molecular complexity index is 367. The van der Waals surface area contributed by atoms with Crippen molar-refractivity contribution in [1.29, 1.82) is 0 Å². The average molecular weight is 257 g/mol. The highest BCUT2D eigenvalue weighted by Crippen LogP contribution is 2.09. The first-order valence-electron chi connectivity index (χ1n) is 4.03. The molecule has 0 bridgehead atoms. The van der Waals surface area contributed by atoms with E-state index in [4.69, 9.17) is 0 Å². The standard InChI is InChI=1S/C9H9BrN2S/c10-9-5-11-12(6-9)3-1-8-2-4-13-7-8/h2,4-7H,1,3H2. The number of hydrogen-bond donors (Lipinski definition) is 0. The van der Waals surface area contributed by atoms with Gasteiger partial charge in [-0.15, -0.1) is 0 Å². The molecule has 0 aliphatic carbocycles. The van der Waals surface area contributed by atoms with Crippen LogP contribution in [0.3, 0.4) is 0 Å². The lowest BCUT2D eigenvalue weighted by atomic mass is 10.2. The van der Waals surface area contributed by atoms with Crippen LogP contribution in [-0.4, -0.2) is 9.78 Å². The number of aryl methyl sites for hydroxylation is 2. The van der Waals surface area contributed by atoms with Crippen LogP contribution < -0.4 is 0 Å². The van der Waals surface area contributed by atoms with Crippen LogP contribution in [0.25, 0.3) is 0 Å². The second-order valence-corrected chi connectivity index (χ2v) is 4.50. The molecule has 2 aromatic rings. The minimum atomic E-state index is 0.947. The first-order chi connectivity index (χ1) is 6.34. The molecule has 4 heteroatoms. The third-order valence-electron chi connectivity index (χ3n) is 1.81. The first-order valence-corrected chi connectivity index (χ1v) is 5.77. The lowest BCUT2D eigenvalue weighted by Gasteiger charge is -1.98. The zero-order chi connectivity index (χ0) is 9.10. The topological polar surface area (TPSA) is 17.8 Å². The Labute approximate surface area is 89.3 Å². The van der Waals surface area contributed by atoms with Gasteiger partial charge in [-0.25, -0.2) is 0 Å². The van der Waals surface area contributed by atoms with E-state index in [2.05, 4.69) is 37.9 Å². The van der Waals surface area contributed by atoms with Gasteiger partial charge in [0.1, 0.15) is 0 Å². The Hall–Kier alpha value is -0.610. The molecule has 2 heterocycles. The van der Waals surface area contributed by atoms with Crippen LogP contribution in [0.15, 0.2) is 33.7 Å². The molecule has 2 nitrogen and oxygen atoms in total. The summed E-state index contributed by atoms with van der Waals surface area (Å²) in [5.74, 6) is 0. The van der Waals surface area contributed by atoms with E-state index in [0.717, 1.165) is 17.4 Å². The Morgan fingerprint density at radius 1 is 1.54 bits per heavy atom. The van der Waals surface area contributed by atoms with Gasteiger partial charge in [0, 0.05) is 12.7 Å². The van der Waals surface area contributed by atoms with E-state index < -0.39 is 0 Å². The summed E-state index contributed by atoms with van der Waals surface area (Å²) in [6, 6.07) is 2.16. The van der Waals surface area contributed by atoms with E-state index in [-0.39, 0.29) is 0 Å². The Morgan fingerprint density at radius 3 is 3.08 bits per heavy atom. The van der Waals surface area contributed by atoms with Crippen LogP contribution in [0.2, 0.25) is 0 Å². The molecule has 0 atom stereocenters. The monoisotopic (exact) mass is 256 g/mol. The zero-order valence-electron chi connectivity index (χ0n) is 6.98. The van der Waals surface area contributed by atoms with Gasteiger partial charge in [-0.3, -0.25) is 4.68 Å². The first kappa shape index (κ1) is 8.97. The van der Waals surface area contributed by atoms with Crippen molar-refractivity contribution in [2.75, 3.05) is 0 Å². The Kier molecular flexibility index (Phi) is 2.80. The van der Waals surface area contributed by atoms with Crippen LogP contribution in [0.5, 0.6) is 0 Å². The van der Waals surface area contributed by atoms with E-state index in [0.29, 0.717) is 0 Å². The second-order valence-electron chi connectivity index (χ2n) is 2.80. The smallest absolute Gasteiger partial charge is 0.0632 e. The average Bonchev–Trinajstić information content (AvgIpc) is 2.71. The fourth-order valence-electron chi connectivity index (χ4n) is 1.14. The van der Waals surface area contributed by atoms with Gasteiger partial charge in [0.2, 0.25) is 0 Å². The maximum absolute atomic E-state index is 4.19. The summed E-state index contributed by atoms with van der Waals surface area (Å²) >= 11 is 5.11. The summed E-state index contributed by atoms with van der Waals surface area (Å²) in [6.07, 6.45) is 4.86. The van der Waals surface area contributed by atoms with E-state index >= 15 is 0 Å². The number of rotatable bonds is 3. The van der Waals surface area contributed by atoms with Gasteiger partial charge in [-0.1, -0.05) is 0 Å². The molecule has 0 aliphatic heterocycles. The van der Waals surface area contributed by atoms with Gasteiger partial charge in [0.25, 0.3) is 0 Å². The summed E-state index contributed by atoms with van der Waals surface area (Å²) in [4.78, 5) is 0. The normalized spacial score (nSPS) is 10.5. The largest absolute Gasteiger partial charge is 0.271 e. The van der Waals surface area contributed by atoms with Crippen molar-refractivity contribution in [3.63, 3.8) is 0 Å². The fraction of sp³-hybridized carbons (Fsp3) is 0.222. The molecule has 0 amide bonds. The molecule has 0 spiro atoms. The summed E-state index contributed by atoms with van der Waals surface area (Å²) in [5, 5.41) is 8.47. The van der Waals surface area contributed by atoms with Crippen LogP contribution >= 0.6 is 27.3 Å². The number of nitrogens with zero attached hydrogens (tertiary/aromatic N) is 2. The summed E-state index contributed by atoms with van der Waals surface area (Å²) < 4.78 is 2.99. The minimum absolute atomic E-state index is 0.947. The van der Waals surface area contributed by atoms with Gasteiger partial charge in [-0.2, -0.15) is 16.4 Å². The molecule has 2 rings (SSSR count). The number of aromatic nitrogens is 2. The molecule has 2 aromatic heterocycles. The predicted molar refractivity (Wildman–Crippen MR) is 58.0 cm³/mol. The van der Waals surface area contributed by atoms with E-state index in [1.54, 1.807) is 11.3 Å². The lowest BCUT2D eigenvalue weighted by Crippen LogP contribution is -2.00. The molecule has 68 valence electrons. The maximum Gasteiger partial charge on any atom is 0.0632 e. The van der Waals surface area contributed by atoms with E-state index in [1.165, 1.54) is 5.56 Å². The Morgan fingerprint density at radius 2 is 2.46 bits per heavy atom. The van der Waals surface area contributed by atoms with Crippen molar-refractivity contribution >= 4 is 27.3 Å². The van der Waals surface area contributed by atoms with Crippen molar-refractivity contribution < 1.29 is 0 Å². The molecule has 0 radical (unpaired) electrons. The molecule has 0 aromatic carbocycles. The quantitative estimate of drug-likeness (QED) is 0.826. The van der Waals surface area contributed by atoms with Gasteiger partial charge >= 0.3 is 0 Å². The molecular weight excluding hydrogens is 248 g/mol. The fourth-order valence-corrected chi connectivity index (χ4v) is 2.17. The maximum atomic E-state index is 4.19. The summed E-state index contributed by atoms with van der Waals surface area (Å²) in [7, 11) is 0. The third-order valence-corrected chi connectivity index (χ3v) is 2.95. The molecule has 0 unspecified atom stereocenters. The van der Waals surface area contributed by atoms with E-state index in [9.17, 15) is 0 Å². The molecular formula is C9H9BrN2S. The van der Waals surface area contributed by atoms with Crippen molar-refractivity contribution in [1.82, 2.24) is 9.78 Å². The molecule has 0 saturated carbocycles. The van der Waals surface area contributed by atoms with Crippen molar-refractivity contribution in [2.45, 2.75) is 13.0 Å². The van der Waals surface area contributed by atoms with Crippen molar-refractivity contribution in [3.05, 3.63) is 39.3 Å². The second kappa shape index (κ2) is 4.07. The van der Waals surface area contributed by atoms with Crippen molar-refractivity contribution in [2.24, 2.45) is 0 Å². The number of hydrogen-bond acceptors (Lipinski definition) is 2. The molecule has 0 fully saturated rings. The van der Waals surface area contributed by atoms with E-state index in [1.807, 2.05) is 17.1 Å². The third kappa shape index (κ3) is 2.42. The highest BCUT2D eigenvalue weighted by Gasteiger charge is 1.96. The summed E-state index contributed by atoms with van der Waals surface area (Å²) in [5.41, 5.74) is 1.39. The van der Waals surface area contributed by atoms with Crippen molar-refractivity contribution in [3.8, 4) is 0 Å². The highest BCUT2D eigenvalue weighted by molar-refractivity contribution is 9.10. The van der Waals surface area contributed by atoms with Crippen LogP contribution in [0.4, 0.5) is 0 Å². The van der Waals surface area contributed by atoms with Crippen LogP contribution in [0, 0.1) is 0 Å². The molecule has 0 N–H and O–H groups in total. The van der Waals surface area contributed by atoms with Gasteiger partial charge < -0.3 is 0 Å². The van der Waals surface area contributed by atoms with Crippen LogP contribution in [0.1, 0.15) is 5.56 Å². The SMILES string of the molecule is Brc1cnn(CCc2ccsc2)c1. The molecule has 13 heavy (non-hydrogen) atoms. The highest BCUT2D eigenvalue weighted by atomic mass is 79.9. The predicted octanol–water partition coefficient (Wildman–Crippen LogP) is 2.95. The van der Waals surface area contributed by atoms with Gasteiger partial charge in [0.05, 0.1) is 10.7 Å². The number of halogens is 1. The number of thiophene rings is 1. The lowest BCUT2D eigenvalue weighted by molar-refractivity contribution is 0.615. The molecule has 0 aliphatic rings. The minimum Gasteiger partial charge on any atom is -0.271 e. The van der Waals surface area contributed by atoms with Gasteiger partial charge in [0.15, 0.2) is 0 Å².